The number of ether oxygens (including phenoxy) is 1. The Morgan fingerprint density at radius 1 is 0.955 bits per heavy atom. The van der Waals surface area contributed by atoms with Crippen molar-refractivity contribution in [2.24, 2.45) is 0 Å². The third-order valence-electron chi connectivity index (χ3n) is 3.47. The first kappa shape index (κ1) is 17.0. The van der Waals surface area contributed by atoms with Gasteiger partial charge in [-0.1, -0.05) is 30.3 Å². The van der Waals surface area contributed by atoms with Gasteiger partial charge in [-0.2, -0.15) is 0 Å². The molecule has 0 aliphatic heterocycles. The summed E-state index contributed by atoms with van der Waals surface area (Å²) < 4.78 is 5.91. The molecule has 0 atom stereocenters. The van der Waals surface area contributed by atoms with Crippen LogP contribution in [0, 0.1) is 6.92 Å². The Hall–Kier alpha value is -1.38. The van der Waals surface area contributed by atoms with E-state index in [4.69, 9.17) is 27.9 Å². The molecule has 0 unspecified atom stereocenters. The fourth-order valence-electron chi connectivity index (χ4n) is 2.30. The topological polar surface area (TPSA) is 12.5 Å². The molecule has 0 bridgehead atoms. The first-order chi connectivity index (χ1) is 10.7. The van der Waals surface area contributed by atoms with Gasteiger partial charge < -0.3 is 9.64 Å². The van der Waals surface area contributed by atoms with Crippen molar-refractivity contribution < 1.29 is 4.74 Å². The van der Waals surface area contributed by atoms with Crippen LogP contribution in [-0.2, 0) is 6.61 Å². The summed E-state index contributed by atoms with van der Waals surface area (Å²) in [5.74, 6) is 2.08. The normalized spacial score (nSPS) is 10.5. The summed E-state index contributed by atoms with van der Waals surface area (Å²) in [5, 5.41) is 0. The maximum Gasteiger partial charge on any atom is 0.122 e. The molecule has 0 N–H and O–H groups in total. The Balaban J connectivity index is 2.05. The van der Waals surface area contributed by atoms with E-state index in [0.717, 1.165) is 35.7 Å². The van der Waals surface area contributed by atoms with Crippen LogP contribution in [0.25, 0.3) is 0 Å². The fraction of sp³-hybridized carbons (Fsp3) is 0.333. The molecule has 4 heteroatoms. The second-order valence-electron chi connectivity index (χ2n) is 5.09. The molecule has 0 saturated carbocycles. The lowest BCUT2D eigenvalue weighted by Gasteiger charge is -2.23. The predicted molar refractivity (Wildman–Crippen MR) is 95.6 cm³/mol. The molecule has 2 aromatic carbocycles. The molecule has 0 heterocycles. The molecule has 0 radical (unpaired) electrons. The van der Waals surface area contributed by atoms with E-state index in [1.165, 1.54) is 0 Å². The number of anilines is 1. The highest BCUT2D eigenvalue weighted by Gasteiger charge is 2.08. The minimum absolute atomic E-state index is 0.577. The van der Waals surface area contributed by atoms with Crippen LogP contribution < -0.4 is 9.64 Å². The number of aryl methyl sites for hydroxylation is 1. The standard InChI is InChI=1S/C18H21Cl2NO/c1-15-13-17(21(11-9-19)12-10-20)7-8-18(15)22-14-16-5-3-2-4-6-16/h2-8,13H,9-12,14H2,1H3. The number of hydrogen-bond acceptors (Lipinski definition) is 2. The summed E-state index contributed by atoms with van der Waals surface area (Å²) in [7, 11) is 0. The van der Waals surface area contributed by atoms with Crippen LogP contribution in [0.5, 0.6) is 5.75 Å². The van der Waals surface area contributed by atoms with Crippen LogP contribution in [-0.4, -0.2) is 24.8 Å². The van der Waals surface area contributed by atoms with Crippen molar-refractivity contribution in [3.63, 3.8) is 0 Å². The van der Waals surface area contributed by atoms with E-state index in [2.05, 4.69) is 36.1 Å². The first-order valence-corrected chi connectivity index (χ1v) is 8.45. The molecule has 0 amide bonds. The van der Waals surface area contributed by atoms with E-state index in [1.807, 2.05) is 24.3 Å². The molecule has 0 aliphatic carbocycles. The SMILES string of the molecule is Cc1cc(N(CCCl)CCCl)ccc1OCc1ccccc1. The maximum absolute atomic E-state index is 5.91. The van der Waals surface area contributed by atoms with Crippen LogP contribution >= 0.6 is 23.2 Å². The minimum atomic E-state index is 0.577. The van der Waals surface area contributed by atoms with Crippen molar-refractivity contribution in [2.75, 3.05) is 29.7 Å². The van der Waals surface area contributed by atoms with Gasteiger partial charge in [-0.05, 0) is 36.2 Å². The number of alkyl halides is 2. The van der Waals surface area contributed by atoms with Gasteiger partial charge >= 0.3 is 0 Å². The van der Waals surface area contributed by atoms with Crippen LogP contribution in [0.15, 0.2) is 48.5 Å². The molecule has 2 nitrogen and oxygen atoms in total. The number of hydrogen-bond donors (Lipinski definition) is 0. The third kappa shape index (κ3) is 4.82. The van der Waals surface area contributed by atoms with Gasteiger partial charge in [-0.3, -0.25) is 0 Å². The molecule has 0 spiro atoms. The zero-order valence-electron chi connectivity index (χ0n) is 12.8. The Kier molecular flexibility index (Phi) is 6.88. The lowest BCUT2D eigenvalue weighted by Crippen LogP contribution is -2.27. The monoisotopic (exact) mass is 337 g/mol. The van der Waals surface area contributed by atoms with Crippen molar-refractivity contribution in [3.8, 4) is 5.75 Å². The predicted octanol–water partition coefficient (Wildman–Crippen LogP) is 4.86. The number of rotatable bonds is 8. The largest absolute Gasteiger partial charge is 0.489 e. The molecule has 118 valence electrons. The van der Waals surface area contributed by atoms with Crippen molar-refractivity contribution in [1.82, 2.24) is 0 Å². The average molecular weight is 338 g/mol. The molecule has 2 rings (SSSR count). The van der Waals surface area contributed by atoms with Gasteiger partial charge in [0.2, 0.25) is 0 Å². The molecule has 0 saturated heterocycles. The van der Waals surface area contributed by atoms with E-state index >= 15 is 0 Å². The summed E-state index contributed by atoms with van der Waals surface area (Å²) in [6, 6.07) is 16.4. The van der Waals surface area contributed by atoms with Crippen molar-refractivity contribution >= 4 is 28.9 Å². The van der Waals surface area contributed by atoms with Crippen molar-refractivity contribution in [2.45, 2.75) is 13.5 Å². The highest BCUT2D eigenvalue weighted by atomic mass is 35.5. The second kappa shape index (κ2) is 8.92. The van der Waals surface area contributed by atoms with Gasteiger partial charge in [-0.25, -0.2) is 0 Å². The van der Waals surface area contributed by atoms with Crippen LogP contribution in [0.4, 0.5) is 5.69 Å². The molecule has 2 aromatic rings. The first-order valence-electron chi connectivity index (χ1n) is 7.39. The van der Waals surface area contributed by atoms with Gasteiger partial charge in [0.05, 0.1) is 0 Å². The number of benzene rings is 2. The number of nitrogens with zero attached hydrogens (tertiary/aromatic N) is 1. The lowest BCUT2D eigenvalue weighted by atomic mass is 10.2. The van der Waals surface area contributed by atoms with Crippen LogP contribution in [0.3, 0.4) is 0 Å². The minimum Gasteiger partial charge on any atom is -0.489 e. The van der Waals surface area contributed by atoms with E-state index in [0.29, 0.717) is 18.4 Å². The Morgan fingerprint density at radius 2 is 1.64 bits per heavy atom. The number of halogens is 2. The second-order valence-corrected chi connectivity index (χ2v) is 5.85. The Labute approximate surface area is 142 Å². The summed E-state index contributed by atoms with van der Waals surface area (Å²) in [6.07, 6.45) is 0. The summed E-state index contributed by atoms with van der Waals surface area (Å²) >= 11 is 11.7. The van der Waals surface area contributed by atoms with Crippen molar-refractivity contribution in [1.29, 1.82) is 0 Å². The quantitative estimate of drug-likeness (QED) is 0.638. The molecule has 0 aromatic heterocycles. The fourth-order valence-corrected chi connectivity index (χ4v) is 2.71. The highest BCUT2D eigenvalue weighted by molar-refractivity contribution is 6.18. The summed E-state index contributed by atoms with van der Waals surface area (Å²) in [5.41, 5.74) is 3.41. The van der Waals surface area contributed by atoms with Gasteiger partial charge in [0.15, 0.2) is 0 Å². The van der Waals surface area contributed by atoms with Crippen LogP contribution in [0.1, 0.15) is 11.1 Å². The zero-order valence-corrected chi connectivity index (χ0v) is 14.3. The summed E-state index contributed by atoms with van der Waals surface area (Å²) in [6.45, 7) is 4.22. The zero-order chi connectivity index (χ0) is 15.8. The molecular weight excluding hydrogens is 317 g/mol. The van der Waals surface area contributed by atoms with Crippen molar-refractivity contribution in [3.05, 3.63) is 59.7 Å². The Bertz CT molecular complexity index is 569. The van der Waals surface area contributed by atoms with E-state index in [9.17, 15) is 0 Å². The average Bonchev–Trinajstić information content (AvgIpc) is 2.54. The molecular formula is C18H21Cl2NO. The van der Waals surface area contributed by atoms with Gasteiger partial charge in [0.1, 0.15) is 12.4 Å². The maximum atomic E-state index is 5.91. The van der Waals surface area contributed by atoms with Gasteiger partial charge in [-0.15, -0.1) is 23.2 Å². The molecule has 0 fully saturated rings. The van der Waals surface area contributed by atoms with Gasteiger partial charge in [0.25, 0.3) is 0 Å². The lowest BCUT2D eigenvalue weighted by molar-refractivity contribution is 0.304. The van der Waals surface area contributed by atoms with E-state index < -0.39 is 0 Å². The molecule has 22 heavy (non-hydrogen) atoms. The Morgan fingerprint density at radius 3 is 2.23 bits per heavy atom. The summed E-state index contributed by atoms with van der Waals surface area (Å²) in [4.78, 5) is 2.19. The molecule has 0 aliphatic rings. The van der Waals surface area contributed by atoms with Gasteiger partial charge in [0, 0.05) is 30.5 Å². The highest BCUT2D eigenvalue weighted by Crippen LogP contribution is 2.25. The van der Waals surface area contributed by atoms with E-state index in [1.54, 1.807) is 0 Å². The smallest absolute Gasteiger partial charge is 0.122 e. The van der Waals surface area contributed by atoms with Crippen LogP contribution in [0.2, 0.25) is 0 Å². The van der Waals surface area contributed by atoms with E-state index in [-0.39, 0.29) is 0 Å². The third-order valence-corrected chi connectivity index (χ3v) is 3.81.